The first kappa shape index (κ1) is 18.9. The third-order valence-electron chi connectivity index (χ3n) is 3.97. The van der Waals surface area contributed by atoms with Crippen molar-refractivity contribution in [1.82, 2.24) is 4.98 Å². The van der Waals surface area contributed by atoms with Gasteiger partial charge in [0.1, 0.15) is 11.5 Å². The van der Waals surface area contributed by atoms with Gasteiger partial charge >= 0.3 is 0 Å². The van der Waals surface area contributed by atoms with E-state index in [9.17, 15) is 14.9 Å². The molecular formula is C20H12ClN3O4S. The molecule has 7 nitrogen and oxygen atoms in total. The lowest BCUT2D eigenvalue weighted by Gasteiger charge is -1.98. The number of furan rings is 1. The molecule has 0 aliphatic rings. The lowest BCUT2D eigenvalue weighted by Crippen LogP contribution is -2.07. The van der Waals surface area contributed by atoms with Gasteiger partial charge in [-0.05, 0) is 42.5 Å². The third kappa shape index (κ3) is 4.18. The van der Waals surface area contributed by atoms with Crippen molar-refractivity contribution in [2.75, 3.05) is 5.32 Å². The monoisotopic (exact) mass is 425 g/mol. The molecule has 2 heterocycles. The number of rotatable bonds is 5. The average molecular weight is 426 g/mol. The quantitative estimate of drug-likeness (QED) is 0.248. The normalized spacial score (nSPS) is 11.2. The standard InChI is InChI=1S/C20H12ClN3O4S/c21-12-5-8-15-18(11-12)29-20(22-15)23-19(25)10-7-13-6-9-17(28-13)14-3-1-2-4-16(14)24(26)27/h1-11H,(H,22,23,25). The van der Waals surface area contributed by atoms with Crippen molar-refractivity contribution in [3.8, 4) is 11.3 Å². The Morgan fingerprint density at radius 2 is 2.03 bits per heavy atom. The summed E-state index contributed by atoms with van der Waals surface area (Å²) < 4.78 is 6.50. The number of nitrogens with zero attached hydrogens (tertiary/aromatic N) is 2. The Balaban J connectivity index is 1.48. The first-order valence-corrected chi connectivity index (χ1v) is 9.58. The molecular weight excluding hydrogens is 414 g/mol. The molecule has 0 bridgehead atoms. The second-order valence-electron chi connectivity index (χ2n) is 5.93. The van der Waals surface area contributed by atoms with Crippen LogP contribution in [0.4, 0.5) is 10.8 Å². The first-order valence-electron chi connectivity index (χ1n) is 8.38. The number of hydrogen-bond acceptors (Lipinski definition) is 6. The molecule has 0 saturated heterocycles. The lowest BCUT2D eigenvalue weighted by molar-refractivity contribution is -0.384. The van der Waals surface area contributed by atoms with Crippen LogP contribution in [0.1, 0.15) is 5.76 Å². The van der Waals surface area contributed by atoms with Gasteiger partial charge in [0.05, 0.1) is 20.7 Å². The van der Waals surface area contributed by atoms with Crippen molar-refractivity contribution in [2.24, 2.45) is 0 Å². The molecule has 2 aromatic carbocycles. The van der Waals surface area contributed by atoms with Crippen LogP contribution >= 0.6 is 22.9 Å². The maximum atomic E-state index is 12.2. The number of fused-ring (bicyclic) bond motifs is 1. The van der Waals surface area contributed by atoms with Crippen molar-refractivity contribution < 1.29 is 14.1 Å². The van der Waals surface area contributed by atoms with Gasteiger partial charge in [-0.2, -0.15) is 0 Å². The first-order chi connectivity index (χ1) is 14.0. The fourth-order valence-electron chi connectivity index (χ4n) is 2.69. The Kier molecular flexibility index (Phi) is 5.11. The highest BCUT2D eigenvalue weighted by Gasteiger charge is 2.16. The summed E-state index contributed by atoms with van der Waals surface area (Å²) in [5, 5.41) is 14.9. The molecule has 1 N–H and O–H groups in total. The average Bonchev–Trinajstić information content (AvgIpc) is 3.32. The summed E-state index contributed by atoms with van der Waals surface area (Å²) in [6.07, 6.45) is 2.79. The Labute approximate surface area is 173 Å². The summed E-state index contributed by atoms with van der Waals surface area (Å²) in [5.41, 5.74) is 1.07. The fourth-order valence-corrected chi connectivity index (χ4v) is 3.83. The summed E-state index contributed by atoms with van der Waals surface area (Å²) in [5.74, 6) is 0.364. The van der Waals surface area contributed by atoms with Gasteiger partial charge in [-0.15, -0.1) is 0 Å². The van der Waals surface area contributed by atoms with E-state index in [0.717, 1.165) is 10.2 Å². The molecule has 0 saturated carbocycles. The van der Waals surface area contributed by atoms with Gasteiger partial charge in [-0.25, -0.2) is 4.98 Å². The number of halogens is 1. The summed E-state index contributed by atoms with van der Waals surface area (Å²) in [4.78, 5) is 27.2. The van der Waals surface area contributed by atoms with Gasteiger partial charge in [0, 0.05) is 17.2 Å². The molecule has 144 valence electrons. The van der Waals surface area contributed by atoms with Crippen LogP contribution in [-0.4, -0.2) is 15.8 Å². The Hall–Kier alpha value is -3.49. The number of hydrogen-bond donors (Lipinski definition) is 1. The van der Waals surface area contributed by atoms with Crippen molar-refractivity contribution in [3.63, 3.8) is 0 Å². The number of benzene rings is 2. The zero-order chi connectivity index (χ0) is 20.4. The van der Waals surface area contributed by atoms with E-state index < -0.39 is 4.92 Å². The van der Waals surface area contributed by atoms with Gasteiger partial charge in [0.25, 0.3) is 5.69 Å². The van der Waals surface area contributed by atoms with Crippen molar-refractivity contribution >= 4 is 56.0 Å². The zero-order valence-corrected chi connectivity index (χ0v) is 16.2. The van der Waals surface area contributed by atoms with Crippen LogP contribution in [0.3, 0.4) is 0 Å². The Morgan fingerprint density at radius 1 is 1.21 bits per heavy atom. The number of carbonyl (C=O) groups is 1. The van der Waals surface area contributed by atoms with E-state index in [1.807, 2.05) is 0 Å². The molecule has 0 aliphatic heterocycles. The SMILES string of the molecule is O=C(C=Cc1ccc(-c2ccccc2[N+](=O)[O-])o1)Nc1nc2ccc(Cl)cc2s1. The van der Waals surface area contributed by atoms with Crippen LogP contribution in [0.2, 0.25) is 5.02 Å². The number of thiazole rings is 1. The molecule has 9 heteroatoms. The van der Waals surface area contributed by atoms with Gasteiger partial charge < -0.3 is 4.42 Å². The number of para-hydroxylation sites is 1. The van der Waals surface area contributed by atoms with Crippen LogP contribution < -0.4 is 5.32 Å². The number of nitrogens with one attached hydrogen (secondary N) is 1. The summed E-state index contributed by atoms with van der Waals surface area (Å²) >= 11 is 7.28. The van der Waals surface area contributed by atoms with E-state index >= 15 is 0 Å². The molecule has 0 spiro atoms. The van der Waals surface area contributed by atoms with Gasteiger partial charge in [0.15, 0.2) is 5.13 Å². The molecule has 4 rings (SSSR count). The van der Waals surface area contributed by atoms with Crippen LogP contribution in [0.5, 0.6) is 0 Å². The number of nitro benzene ring substituents is 1. The van der Waals surface area contributed by atoms with Crippen molar-refractivity contribution in [1.29, 1.82) is 0 Å². The minimum atomic E-state index is -0.466. The minimum absolute atomic E-state index is 0.0499. The number of amides is 1. The van der Waals surface area contributed by atoms with Crippen LogP contribution in [0.15, 0.2) is 65.1 Å². The smallest absolute Gasteiger partial charge is 0.280 e. The predicted molar refractivity (Wildman–Crippen MR) is 113 cm³/mol. The van der Waals surface area contributed by atoms with E-state index in [4.69, 9.17) is 16.0 Å². The molecule has 4 aromatic rings. The van der Waals surface area contributed by atoms with E-state index in [1.54, 1.807) is 48.5 Å². The minimum Gasteiger partial charge on any atom is -0.456 e. The van der Waals surface area contributed by atoms with E-state index in [-0.39, 0.29) is 11.6 Å². The lowest BCUT2D eigenvalue weighted by atomic mass is 10.1. The second-order valence-corrected chi connectivity index (χ2v) is 7.40. The van der Waals surface area contributed by atoms with Gasteiger partial charge in [-0.3, -0.25) is 20.2 Å². The molecule has 2 aromatic heterocycles. The fraction of sp³-hybridized carbons (Fsp3) is 0. The molecule has 1 amide bonds. The third-order valence-corrected chi connectivity index (χ3v) is 5.14. The Bertz CT molecular complexity index is 1260. The highest BCUT2D eigenvalue weighted by molar-refractivity contribution is 7.22. The number of nitro groups is 1. The highest BCUT2D eigenvalue weighted by Crippen LogP contribution is 2.31. The largest absolute Gasteiger partial charge is 0.456 e. The summed E-state index contributed by atoms with van der Waals surface area (Å²) in [7, 11) is 0. The molecule has 0 unspecified atom stereocenters. The van der Waals surface area contributed by atoms with Crippen LogP contribution in [0.25, 0.3) is 27.6 Å². The van der Waals surface area contributed by atoms with Crippen molar-refractivity contribution in [2.45, 2.75) is 0 Å². The molecule has 29 heavy (non-hydrogen) atoms. The van der Waals surface area contributed by atoms with E-state index in [0.29, 0.717) is 27.2 Å². The number of aromatic nitrogens is 1. The molecule has 0 fully saturated rings. The molecule has 0 aliphatic carbocycles. The number of anilines is 1. The molecule has 0 atom stereocenters. The van der Waals surface area contributed by atoms with Gasteiger partial charge in [0.2, 0.25) is 5.91 Å². The maximum absolute atomic E-state index is 12.2. The molecule has 0 radical (unpaired) electrons. The Morgan fingerprint density at radius 3 is 2.86 bits per heavy atom. The van der Waals surface area contributed by atoms with Crippen molar-refractivity contribution in [3.05, 3.63) is 81.6 Å². The summed E-state index contributed by atoms with van der Waals surface area (Å²) in [6.45, 7) is 0. The maximum Gasteiger partial charge on any atom is 0.280 e. The highest BCUT2D eigenvalue weighted by atomic mass is 35.5. The van der Waals surface area contributed by atoms with Crippen LogP contribution in [0, 0.1) is 10.1 Å². The number of carbonyl (C=O) groups excluding carboxylic acids is 1. The summed E-state index contributed by atoms with van der Waals surface area (Å²) in [6, 6.07) is 14.9. The van der Waals surface area contributed by atoms with Gasteiger partial charge in [-0.1, -0.05) is 35.1 Å². The van der Waals surface area contributed by atoms with E-state index in [2.05, 4.69) is 10.3 Å². The zero-order valence-electron chi connectivity index (χ0n) is 14.7. The topological polar surface area (TPSA) is 98.3 Å². The van der Waals surface area contributed by atoms with E-state index in [1.165, 1.54) is 29.6 Å². The van der Waals surface area contributed by atoms with Crippen LogP contribution in [-0.2, 0) is 4.79 Å². The predicted octanol–water partition coefficient (Wildman–Crippen LogP) is 5.77. The second kappa shape index (κ2) is 7.86.